The van der Waals surface area contributed by atoms with E-state index in [0.717, 1.165) is 12.8 Å². The van der Waals surface area contributed by atoms with Gasteiger partial charge in [0.05, 0.1) is 17.7 Å². The molecule has 1 unspecified atom stereocenters. The van der Waals surface area contributed by atoms with Crippen LogP contribution in [0.4, 0.5) is 4.39 Å². The van der Waals surface area contributed by atoms with Crippen molar-refractivity contribution < 1.29 is 14.2 Å². The Kier molecular flexibility index (Phi) is 2.98. The van der Waals surface area contributed by atoms with Crippen LogP contribution < -0.4 is 4.74 Å². The summed E-state index contributed by atoms with van der Waals surface area (Å²) < 4.78 is 19.4. The summed E-state index contributed by atoms with van der Waals surface area (Å²) in [4.78, 5) is 0. The lowest BCUT2D eigenvalue weighted by atomic mass is 10.0. The van der Waals surface area contributed by atoms with Gasteiger partial charge in [-0.1, -0.05) is 6.07 Å². The third kappa shape index (κ3) is 2.01. The molecule has 0 bridgehead atoms. The third-order valence-corrected chi connectivity index (χ3v) is 3.29. The second-order valence-corrected chi connectivity index (χ2v) is 4.62. The molecule has 82 valence electrons. The summed E-state index contributed by atoms with van der Waals surface area (Å²) in [5, 5.41) is 9.84. The molecule has 1 atom stereocenters. The van der Waals surface area contributed by atoms with E-state index in [1.54, 1.807) is 12.1 Å². The Morgan fingerprint density at radius 2 is 2.20 bits per heavy atom. The van der Waals surface area contributed by atoms with Crippen LogP contribution in [0, 0.1) is 11.7 Å². The molecule has 0 saturated heterocycles. The lowest BCUT2D eigenvalue weighted by Crippen LogP contribution is -2.04. The molecule has 15 heavy (non-hydrogen) atoms. The van der Waals surface area contributed by atoms with Crippen molar-refractivity contribution in [3.05, 3.63) is 28.0 Å². The highest BCUT2D eigenvalue weighted by Crippen LogP contribution is 2.43. The van der Waals surface area contributed by atoms with E-state index in [-0.39, 0.29) is 11.7 Å². The molecule has 1 N–H and O–H groups in total. The fraction of sp³-hybridized carbons (Fsp3) is 0.455. The van der Waals surface area contributed by atoms with Gasteiger partial charge in [0, 0.05) is 5.56 Å². The topological polar surface area (TPSA) is 29.5 Å². The molecule has 0 aliphatic heterocycles. The quantitative estimate of drug-likeness (QED) is 0.918. The van der Waals surface area contributed by atoms with Crippen molar-refractivity contribution in [2.24, 2.45) is 5.92 Å². The normalized spacial score (nSPS) is 17.6. The Hall–Kier alpha value is -0.610. The van der Waals surface area contributed by atoms with Crippen LogP contribution in [0.3, 0.4) is 0 Å². The Bertz CT molecular complexity index is 377. The van der Waals surface area contributed by atoms with Crippen LogP contribution in [0.15, 0.2) is 16.6 Å². The Labute approximate surface area is 96.2 Å². The molecule has 0 aromatic heterocycles. The van der Waals surface area contributed by atoms with E-state index in [0.29, 0.717) is 10.0 Å². The first-order valence-electron chi connectivity index (χ1n) is 4.85. The van der Waals surface area contributed by atoms with Crippen molar-refractivity contribution in [1.29, 1.82) is 0 Å². The highest BCUT2D eigenvalue weighted by atomic mass is 79.9. The van der Waals surface area contributed by atoms with Crippen LogP contribution in [0.1, 0.15) is 24.5 Å². The minimum atomic E-state index is -0.702. The van der Waals surface area contributed by atoms with Crippen molar-refractivity contribution in [2.45, 2.75) is 18.9 Å². The molecule has 0 amide bonds. The predicted molar refractivity (Wildman–Crippen MR) is 58.3 cm³/mol. The van der Waals surface area contributed by atoms with Gasteiger partial charge in [0.2, 0.25) is 0 Å². The van der Waals surface area contributed by atoms with Gasteiger partial charge in [-0.2, -0.15) is 0 Å². The van der Waals surface area contributed by atoms with Gasteiger partial charge in [0.15, 0.2) is 11.6 Å². The molecule has 0 radical (unpaired) electrons. The number of rotatable bonds is 3. The van der Waals surface area contributed by atoms with Crippen LogP contribution >= 0.6 is 15.9 Å². The van der Waals surface area contributed by atoms with Gasteiger partial charge in [-0.05, 0) is 40.8 Å². The number of ether oxygens (including phenoxy) is 1. The number of aliphatic hydroxyl groups is 1. The zero-order valence-electron chi connectivity index (χ0n) is 8.34. The molecule has 0 spiro atoms. The zero-order valence-corrected chi connectivity index (χ0v) is 9.92. The highest BCUT2D eigenvalue weighted by molar-refractivity contribution is 9.10. The van der Waals surface area contributed by atoms with Crippen molar-refractivity contribution in [1.82, 2.24) is 0 Å². The van der Waals surface area contributed by atoms with E-state index >= 15 is 0 Å². The maximum absolute atomic E-state index is 13.9. The summed E-state index contributed by atoms with van der Waals surface area (Å²) in [7, 11) is 1.41. The number of halogens is 2. The van der Waals surface area contributed by atoms with E-state index < -0.39 is 11.9 Å². The van der Waals surface area contributed by atoms with Crippen LogP contribution in [0.5, 0.6) is 5.75 Å². The summed E-state index contributed by atoms with van der Waals surface area (Å²) in [6, 6.07) is 3.30. The Morgan fingerprint density at radius 1 is 1.53 bits per heavy atom. The van der Waals surface area contributed by atoms with Crippen LogP contribution in [0.2, 0.25) is 0 Å². The molecule has 1 aromatic carbocycles. The average Bonchev–Trinajstić information content (AvgIpc) is 3.01. The van der Waals surface area contributed by atoms with Gasteiger partial charge >= 0.3 is 0 Å². The number of hydrogen-bond donors (Lipinski definition) is 1. The van der Waals surface area contributed by atoms with Crippen LogP contribution in [-0.4, -0.2) is 12.2 Å². The summed E-state index contributed by atoms with van der Waals surface area (Å²) >= 11 is 3.20. The number of benzene rings is 1. The Morgan fingerprint density at radius 3 is 2.73 bits per heavy atom. The monoisotopic (exact) mass is 274 g/mol. The minimum absolute atomic E-state index is 0.159. The molecule has 1 aliphatic rings. The molecular weight excluding hydrogens is 263 g/mol. The first-order valence-corrected chi connectivity index (χ1v) is 5.64. The molecule has 1 aromatic rings. The van der Waals surface area contributed by atoms with Crippen molar-refractivity contribution in [3.63, 3.8) is 0 Å². The molecule has 4 heteroatoms. The highest BCUT2D eigenvalue weighted by Gasteiger charge is 2.33. The minimum Gasteiger partial charge on any atom is -0.492 e. The SMILES string of the molecule is COc1c(Br)ccc(C(O)C2CC2)c1F. The molecule has 0 heterocycles. The van der Waals surface area contributed by atoms with E-state index in [4.69, 9.17) is 4.74 Å². The van der Waals surface area contributed by atoms with Crippen molar-refractivity contribution in [2.75, 3.05) is 7.11 Å². The molecule has 1 aliphatic carbocycles. The second-order valence-electron chi connectivity index (χ2n) is 3.77. The molecule has 1 fully saturated rings. The predicted octanol–water partition coefficient (Wildman–Crippen LogP) is 3.04. The standard InChI is InChI=1S/C11H12BrFO2/c1-15-11-8(12)5-4-7(9(11)13)10(14)6-2-3-6/h4-6,10,14H,2-3H2,1H3. The first kappa shape index (κ1) is 10.9. The van der Waals surface area contributed by atoms with Crippen LogP contribution in [-0.2, 0) is 0 Å². The van der Waals surface area contributed by atoms with Crippen LogP contribution in [0.25, 0.3) is 0 Å². The molecule has 1 saturated carbocycles. The maximum Gasteiger partial charge on any atom is 0.172 e. The first-order chi connectivity index (χ1) is 7.15. The van der Waals surface area contributed by atoms with E-state index in [2.05, 4.69) is 15.9 Å². The van der Waals surface area contributed by atoms with Crippen molar-refractivity contribution >= 4 is 15.9 Å². The summed E-state index contributed by atoms with van der Waals surface area (Å²) in [5.74, 6) is -0.0937. The largest absolute Gasteiger partial charge is 0.492 e. The average molecular weight is 275 g/mol. The molecule has 2 nitrogen and oxygen atoms in total. The Balaban J connectivity index is 2.39. The third-order valence-electron chi connectivity index (χ3n) is 2.67. The molecular formula is C11H12BrFO2. The fourth-order valence-electron chi connectivity index (χ4n) is 1.63. The van der Waals surface area contributed by atoms with Crippen molar-refractivity contribution in [3.8, 4) is 5.75 Å². The summed E-state index contributed by atoms with van der Waals surface area (Å²) in [6.45, 7) is 0. The lowest BCUT2D eigenvalue weighted by molar-refractivity contribution is 0.148. The second kappa shape index (κ2) is 4.10. The van der Waals surface area contributed by atoms with Gasteiger partial charge in [-0.3, -0.25) is 0 Å². The van der Waals surface area contributed by atoms with Gasteiger partial charge in [0.1, 0.15) is 0 Å². The fourth-order valence-corrected chi connectivity index (χ4v) is 2.10. The smallest absolute Gasteiger partial charge is 0.172 e. The van der Waals surface area contributed by atoms with E-state index in [9.17, 15) is 9.50 Å². The van der Waals surface area contributed by atoms with Gasteiger partial charge in [0.25, 0.3) is 0 Å². The number of hydrogen-bond acceptors (Lipinski definition) is 2. The van der Waals surface area contributed by atoms with Gasteiger partial charge < -0.3 is 9.84 Å². The van der Waals surface area contributed by atoms with E-state index in [1.165, 1.54) is 7.11 Å². The summed E-state index contributed by atoms with van der Waals surface area (Å²) in [5.41, 5.74) is 0.331. The zero-order chi connectivity index (χ0) is 11.0. The number of aliphatic hydroxyl groups excluding tert-OH is 1. The van der Waals surface area contributed by atoms with Gasteiger partial charge in [-0.25, -0.2) is 4.39 Å². The molecule has 2 rings (SSSR count). The van der Waals surface area contributed by atoms with E-state index in [1.807, 2.05) is 0 Å². The lowest BCUT2D eigenvalue weighted by Gasteiger charge is -2.13. The maximum atomic E-state index is 13.9. The summed E-state index contributed by atoms with van der Waals surface area (Å²) in [6.07, 6.45) is 1.24. The van der Waals surface area contributed by atoms with Gasteiger partial charge in [-0.15, -0.1) is 0 Å². The number of methoxy groups -OCH3 is 1.